The average Bonchev–Trinajstić information content (AvgIpc) is 2.37. The quantitative estimate of drug-likeness (QED) is 0.787. The molecule has 0 unspecified atom stereocenters. The minimum atomic E-state index is -4.61. The first-order valence-corrected chi connectivity index (χ1v) is 5.15. The molecule has 7 heteroatoms. The van der Waals surface area contributed by atoms with E-state index in [2.05, 4.69) is 9.97 Å². The lowest BCUT2D eigenvalue weighted by Gasteiger charge is -2.07. The van der Waals surface area contributed by atoms with Gasteiger partial charge < -0.3 is 4.74 Å². The topological polar surface area (TPSA) is 35.0 Å². The maximum absolute atomic E-state index is 13.7. The minimum Gasteiger partial charge on any atom is -0.497 e. The van der Waals surface area contributed by atoms with Crippen LogP contribution in [0.5, 0.6) is 5.75 Å². The molecular weight excluding hydrogens is 264 g/mol. The Kier molecular flexibility index (Phi) is 3.37. The molecule has 0 radical (unpaired) electrons. The van der Waals surface area contributed by atoms with E-state index in [-0.39, 0.29) is 11.1 Å². The minimum absolute atomic E-state index is 0.106. The molecule has 2 rings (SSSR count). The van der Waals surface area contributed by atoms with Gasteiger partial charge in [0, 0.05) is 29.6 Å². The zero-order chi connectivity index (χ0) is 14.0. The van der Waals surface area contributed by atoms with Crippen LogP contribution in [0.4, 0.5) is 17.6 Å². The Bertz CT molecular complexity index is 581. The smallest absolute Gasteiger partial charge is 0.451 e. The summed E-state index contributed by atoms with van der Waals surface area (Å²) >= 11 is 0. The van der Waals surface area contributed by atoms with Gasteiger partial charge in [-0.25, -0.2) is 14.4 Å². The van der Waals surface area contributed by atoms with Gasteiger partial charge in [0.15, 0.2) is 0 Å². The Morgan fingerprint density at radius 1 is 1.11 bits per heavy atom. The van der Waals surface area contributed by atoms with Crippen LogP contribution >= 0.6 is 0 Å². The molecule has 0 atom stereocenters. The summed E-state index contributed by atoms with van der Waals surface area (Å²) in [5.41, 5.74) is 0.266. The molecule has 0 saturated heterocycles. The first-order valence-electron chi connectivity index (χ1n) is 5.15. The normalized spacial score (nSPS) is 11.4. The van der Waals surface area contributed by atoms with E-state index in [0.717, 1.165) is 18.5 Å². The van der Waals surface area contributed by atoms with E-state index < -0.39 is 17.8 Å². The van der Waals surface area contributed by atoms with Crippen LogP contribution in [-0.4, -0.2) is 17.1 Å². The summed E-state index contributed by atoms with van der Waals surface area (Å²) in [6.07, 6.45) is -2.75. The number of ether oxygens (including phenoxy) is 1. The SMILES string of the molecule is COc1ccc(-c2cnc(C(F)(F)F)nc2)c(F)c1. The van der Waals surface area contributed by atoms with Gasteiger partial charge in [0.1, 0.15) is 11.6 Å². The molecular formula is C12H8F4N2O. The van der Waals surface area contributed by atoms with E-state index in [1.807, 2.05) is 0 Å². The average molecular weight is 272 g/mol. The molecule has 0 aliphatic carbocycles. The zero-order valence-corrected chi connectivity index (χ0v) is 9.70. The molecule has 100 valence electrons. The van der Waals surface area contributed by atoms with Gasteiger partial charge >= 0.3 is 6.18 Å². The molecule has 0 bridgehead atoms. The van der Waals surface area contributed by atoms with Gasteiger partial charge in [0.2, 0.25) is 5.82 Å². The molecule has 1 aromatic carbocycles. The molecule has 2 aromatic rings. The van der Waals surface area contributed by atoms with Gasteiger partial charge in [0.05, 0.1) is 7.11 Å². The fourth-order valence-corrected chi connectivity index (χ4v) is 1.47. The van der Waals surface area contributed by atoms with E-state index in [0.29, 0.717) is 5.75 Å². The van der Waals surface area contributed by atoms with Crippen molar-refractivity contribution >= 4 is 0 Å². The van der Waals surface area contributed by atoms with Crippen molar-refractivity contribution in [1.29, 1.82) is 0 Å². The third-order valence-electron chi connectivity index (χ3n) is 2.39. The number of hydrogen-bond donors (Lipinski definition) is 0. The number of nitrogens with zero attached hydrogens (tertiary/aromatic N) is 2. The Balaban J connectivity index is 2.37. The maximum atomic E-state index is 13.7. The molecule has 0 aliphatic heterocycles. The third-order valence-corrected chi connectivity index (χ3v) is 2.39. The second-order valence-electron chi connectivity index (χ2n) is 3.64. The summed E-state index contributed by atoms with van der Waals surface area (Å²) in [5.74, 6) is -1.57. The van der Waals surface area contributed by atoms with Crippen LogP contribution in [0.15, 0.2) is 30.6 Å². The number of benzene rings is 1. The van der Waals surface area contributed by atoms with Gasteiger partial charge in [-0.3, -0.25) is 0 Å². The van der Waals surface area contributed by atoms with Crippen molar-refractivity contribution in [1.82, 2.24) is 9.97 Å². The molecule has 19 heavy (non-hydrogen) atoms. The highest BCUT2D eigenvalue weighted by Gasteiger charge is 2.34. The van der Waals surface area contributed by atoms with Crippen molar-refractivity contribution in [3.63, 3.8) is 0 Å². The van der Waals surface area contributed by atoms with Crippen molar-refractivity contribution in [3.8, 4) is 16.9 Å². The van der Waals surface area contributed by atoms with Crippen molar-refractivity contribution < 1.29 is 22.3 Å². The number of methoxy groups -OCH3 is 1. The lowest BCUT2D eigenvalue weighted by Crippen LogP contribution is -2.10. The lowest BCUT2D eigenvalue weighted by molar-refractivity contribution is -0.144. The Labute approximate surface area is 105 Å². The zero-order valence-electron chi connectivity index (χ0n) is 9.70. The molecule has 0 spiro atoms. The second-order valence-corrected chi connectivity index (χ2v) is 3.64. The van der Waals surface area contributed by atoms with Crippen LogP contribution in [-0.2, 0) is 6.18 Å². The fraction of sp³-hybridized carbons (Fsp3) is 0.167. The molecule has 1 aromatic heterocycles. The van der Waals surface area contributed by atoms with Crippen molar-refractivity contribution in [2.24, 2.45) is 0 Å². The number of halogens is 4. The maximum Gasteiger partial charge on any atom is 0.451 e. The van der Waals surface area contributed by atoms with E-state index in [1.165, 1.54) is 19.2 Å². The number of alkyl halides is 3. The summed E-state index contributed by atoms with van der Waals surface area (Å²) < 4.78 is 55.4. The van der Waals surface area contributed by atoms with Gasteiger partial charge in [-0.15, -0.1) is 0 Å². The first-order chi connectivity index (χ1) is 8.91. The Morgan fingerprint density at radius 3 is 2.21 bits per heavy atom. The van der Waals surface area contributed by atoms with E-state index >= 15 is 0 Å². The van der Waals surface area contributed by atoms with Gasteiger partial charge in [0.25, 0.3) is 0 Å². The monoisotopic (exact) mass is 272 g/mol. The van der Waals surface area contributed by atoms with Crippen molar-refractivity contribution in [3.05, 3.63) is 42.2 Å². The highest BCUT2D eigenvalue weighted by molar-refractivity contribution is 5.63. The van der Waals surface area contributed by atoms with Crippen LogP contribution in [0.1, 0.15) is 5.82 Å². The summed E-state index contributed by atoms with van der Waals surface area (Å²) in [4.78, 5) is 6.35. The van der Waals surface area contributed by atoms with Crippen LogP contribution in [0.2, 0.25) is 0 Å². The second kappa shape index (κ2) is 4.83. The summed E-state index contributed by atoms with van der Waals surface area (Å²) in [7, 11) is 1.38. The van der Waals surface area contributed by atoms with Crippen LogP contribution in [0, 0.1) is 5.82 Å². The van der Waals surface area contributed by atoms with Gasteiger partial charge in [-0.1, -0.05) is 0 Å². The standard InChI is InChI=1S/C12H8F4N2O/c1-19-8-2-3-9(10(13)4-8)7-5-17-11(18-6-7)12(14,15)16/h2-6H,1H3. The Hall–Kier alpha value is -2.18. The molecule has 3 nitrogen and oxygen atoms in total. The molecule has 0 N–H and O–H groups in total. The van der Waals surface area contributed by atoms with Gasteiger partial charge in [-0.2, -0.15) is 13.2 Å². The molecule has 0 aliphatic rings. The van der Waals surface area contributed by atoms with E-state index in [9.17, 15) is 17.6 Å². The predicted octanol–water partition coefficient (Wildman–Crippen LogP) is 3.31. The molecule has 1 heterocycles. The third kappa shape index (κ3) is 2.81. The van der Waals surface area contributed by atoms with Crippen LogP contribution in [0.3, 0.4) is 0 Å². The Morgan fingerprint density at radius 2 is 1.74 bits per heavy atom. The van der Waals surface area contributed by atoms with Gasteiger partial charge in [-0.05, 0) is 12.1 Å². The number of hydrogen-bond acceptors (Lipinski definition) is 3. The summed E-state index contributed by atoms with van der Waals surface area (Å²) in [5, 5.41) is 0. The highest BCUT2D eigenvalue weighted by atomic mass is 19.4. The van der Waals surface area contributed by atoms with Crippen LogP contribution in [0.25, 0.3) is 11.1 Å². The van der Waals surface area contributed by atoms with E-state index in [4.69, 9.17) is 4.74 Å². The van der Waals surface area contributed by atoms with Crippen LogP contribution < -0.4 is 4.74 Å². The van der Waals surface area contributed by atoms with E-state index in [1.54, 1.807) is 0 Å². The predicted molar refractivity (Wildman–Crippen MR) is 59.0 cm³/mol. The highest BCUT2D eigenvalue weighted by Crippen LogP contribution is 2.28. The first kappa shape index (κ1) is 13.3. The molecule has 0 amide bonds. The lowest BCUT2D eigenvalue weighted by atomic mass is 10.1. The molecule has 0 saturated carbocycles. The number of rotatable bonds is 2. The largest absolute Gasteiger partial charge is 0.497 e. The van der Waals surface area contributed by atoms with Crippen molar-refractivity contribution in [2.75, 3.05) is 7.11 Å². The molecule has 0 fully saturated rings. The summed E-state index contributed by atoms with van der Waals surface area (Å²) in [6, 6.07) is 4.02. The fourth-order valence-electron chi connectivity index (χ4n) is 1.47. The summed E-state index contributed by atoms with van der Waals surface area (Å²) in [6.45, 7) is 0. The van der Waals surface area contributed by atoms with Crippen molar-refractivity contribution in [2.45, 2.75) is 6.18 Å². The number of aromatic nitrogens is 2.